The summed E-state index contributed by atoms with van der Waals surface area (Å²) in [5.74, 6) is 0. The molecule has 14 heavy (non-hydrogen) atoms. The minimum absolute atomic E-state index is 0. The average Bonchev–Trinajstić information content (AvgIpc) is 2.09. The molecule has 0 bridgehead atoms. The number of nitrogens with two attached hydrogens (primary N) is 1. The van der Waals surface area contributed by atoms with Gasteiger partial charge in [-0.1, -0.05) is 17.7 Å². The lowest BCUT2D eigenvalue weighted by atomic mass is 10.1. The summed E-state index contributed by atoms with van der Waals surface area (Å²) >= 11 is 5.78. The first-order chi connectivity index (χ1) is 5.74. The van der Waals surface area contributed by atoms with Crippen LogP contribution in [-0.4, -0.2) is 22.7 Å². The third-order valence-corrected chi connectivity index (χ3v) is 1.89. The first-order valence-electron chi connectivity index (χ1n) is 3.70. The van der Waals surface area contributed by atoms with E-state index in [0.717, 1.165) is 5.56 Å². The Bertz CT molecular complexity index is 260. The van der Waals surface area contributed by atoms with Crippen LogP contribution in [0.1, 0.15) is 5.56 Å². The van der Waals surface area contributed by atoms with E-state index in [1.165, 1.54) is 0 Å². The van der Waals surface area contributed by atoms with Gasteiger partial charge in [-0.2, -0.15) is 0 Å². The zero-order chi connectivity index (χ0) is 8.97. The Balaban J connectivity index is 0. The molecule has 6 heteroatoms. The van der Waals surface area contributed by atoms with Crippen molar-refractivity contribution < 1.29 is 5.11 Å². The predicted molar refractivity (Wildman–Crippen MR) is 62.5 cm³/mol. The van der Waals surface area contributed by atoms with Gasteiger partial charge in [-0.05, 0) is 18.1 Å². The second kappa shape index (κ2) is 8.26. The molecule has 1 heterocycles. The normalized spacial score (nSPS) is 11.1. The molecule has 0 aromatic carbocycles. The Morgan fingerprint density at radius 1 is 1.50 bits per heavy atom. The van der Waals surface area contributed by atoms with Crippen molar-refractivity contribution in [3.05, 3.63) is 29.0 Å². The van der Waals surface area contributed by atoms with Crippen molar-refractivity contribution in [3.63, 3.8) is 0 Å². The summed E-state index contributed by atoms with van der Waals surface area (Å²) in [5.41, 5.74) is 6.41. The van der Waals surface area contributed by atoms with Crippen molar-refractivity contribution in [1.82, 2.24) is 4.98 Å². The molecule has 1 rings (SSSR count). The number of aromatic nitrogens is 1. The summed E-state index contributed by atoms with van der Waals surface area (Å²) in [7, 11) is 0. The fourth-order valence-corrected chi connectivity index (χ4v) is 1.12. The third-order valence-electron chi connectivity index (χ3n) is 1.55. The van der Waals surface area contributed by atoms with Crippen LogP contribution >= 0.6 is 36.4 Å². The second-order valence-electron chi connectivity index (χ2n) is 2.60. The Labute approximate surface area is 100 Å². The lowest BCUT2D eigenvalue weighted by Gasteiger charge is -2.07. The van der Waals surface area contributed by atoms with Gasteiger partial charge in [0.05, 0.1) is 6.61 Å². The number of aliphatic hydroxyl groups excluding tert-OH is 1. The van der Waals surface area contributed by atoms with Crippen LogP contribution in [0, 0.1) is 0 Å². The molecular formula is C8H13Cl3N2O. The fraction of sp³-hybridized carbons (Fsp3) is 0.375. The highest BCUT2D eigenvalue weighted by molar-refractivity contribution is 6.30. The molecule has 3 N–H and O–H groups in total. The molecule has 1 aromatic heterocycles. The van der Waals surface area contributed by atoms with E-state index in [9.17, 15) is 0 Å². The fourth-order valence-electron chi connectivity index (χ4n) is 0.919. The van der Waals surface area contributed by atoms with Crippen LogP contribution in [0.25, 0.3) is 0 Å². The zero-order valence-electron chi connectivity index (χ0n) is 7.39. The number of rotatable bonds is 3. The van der Waals surface area contributed by atoms with Gasteiger partial charge in [-0.15, -0.1) is 24.8 Å². The maximum Gasteiger partial charge on any atom is 0.132 e. The van der Waals surface area contributed by atoms with Crippen LogP contribution in [0.4, 0.5) is 0 Å². The number of halogens is 3. The van der Waals surface area contributed by atoms with E-state index in [1.54, 1.807) is 12.3 Å². The molecule has 0 spiro atoms. The minimum Gasteiger partial charge on any atom is -0.395 e. The van der Waals surface area contributed by atoms with Crippen molar-refractivity contribution in [2.75, 3.05) is 6.61 Å². The average molecular weight is 260 g/mol. The highest BCUT2D eigenvalue weighted by atomic mass is 35.5. The largest absolute Gasteiger partial charge is 0.395 e. The first kappa shape index (κ1) is 16.4. The van der Waals surface area contributed by atoms with E-state index in [-0.39, 0.29) is 37.5 Å². The highest BCUT2D eigenvalue weighted by Gasteiger charge is 2.05. The van der Waals surface area contributed by atoms with Crippen LogP contribution < -0.4 is 5.73 Å². The van der Waals surface area contributed by atoms with E-state index in [0.29, 0.717) is 11.6 Å². The minimum atomic E-state index is -0.258. The van der Waals surface area contributed by atoms with E-state index in [4.69, 9.17) is 22.4 Å². The quantitative estimate of drug-likeness (QED) is 0.808. The van der Waals surface area contributed by atoms with E-state index in [1.807, 2.05) is 6.07 Å². The van der Waals surface area contributed by atoms with Crippen LogP contribution in [0.2, 0.25) is 5.15 Å². The van der Waals surface area contributed by atoms with Crippen molar-refractivity contribution in [2.45, 2.75) is 12.5 Å². The molecule has 0 amide bonds. The van der Waals surface area contributed by atoms with Crippen LogP contribution in [0.3, 0.4) is 0 Å². The topological polar surface area (TPSA) is 59.1 Å². The molecule has 0 saturated heterocycles. The van der Waals surface area contributed by atoms with Gasteiger partial charge in [-0.25, -0.2) is 4.98 Å². The van der Waals surface area contributed by atoms with E-state index in [2.05, 4.69) is 4.98 Å². The van der Waals surface area contributed by atoms with Crippen molar-refractivity contribution >= 4 is 36.4 Å². The summed E-state index contributed by atoms with van der Waals surface area (Å²) < 4.78 is 0. The summed E-state index contributed by atoms with van der Waals surface area (Å²) in [6.07, 6.45) is 2.18. The summed E-state index contributed by atoms with van der Waals surface area (Å²) in [6.45, 7) is -0.0365. The van der Waals surface area contributed by atoms with Gasteiger partial charge in [0.15, 0.2) is 0 Å². The molecule has 1 unspecified atom stereocenters. The van der Waals surface area contributed by atoms with Crippen molar-refractivity contribution in [3.8, 4) is 0 Å². The molecule has 0 aliphatic rings. The van der Waals surface area contributed by atoms with Crippen molar-refractivity contribution in [2.24, 2.45) is 5.73 Å². The Morgan fingerprint density at radius 3 is 2.64 bits per heavy atom. The van der Waals surface area contributed by atoms with E-state index < -0.39 is 0 Å². The molecule has 82 valence electrons. The maximum atomic E-state index is 8.70. The first-order valence-corrected chi connectivity index (χ1v) is 4.07. The molecule has 1 aromatic rings. The van der Waals surface area contributed by atoms with Crippen molar-refractivity contribution in [1.29, 1.82) is 0 Å². The summed E-state index contributed by atoms with van der Waals surface area (Å²) in [4.78, 5) is 3.89. The number of pyridine rings is 1. The van der Waals surface area contributed by atoms with Gasteiger partial charge >= 0.3 is 0 Å². The number of nitrogens with zero attached hydrogens (tertiary/aromatic N) is 1. The maximum absolute atomic E-state index is 8.70. The predicted octanol–water partition coefficient (Wildman–Crippen LogP) is 1.44. The lowest BCUT2D eigenvalue weighted by Crippen LogP contribution is -2.26. The van der Waals surface area contributed by atoms with E-state index >= 15 is 0 Å². The van der Waals surface area contributed by atoms with Crippen LogP contribution in [0.15, 0.2) is 18.3 Å². The van der Waals surface area contributed by atoms with Gasteiger partial charge in [0.2, 0.25) is 0 Å². The smallest absolute Gasteiger partial charge is 0.132 e. The standard InChI is InChI=1S/C8H11ClN2O.2ClH/c9-8-6(2-1-3-11-8)4-7(10)5-12;;/h1-3,7,12H,4-5,10H2;2*1H. The number of hydrogen-bond donors (Lipinski definition) is 2. The highest BCUT2D eigenvalue weighted by Crippen LogP contribution is 2.12. The molecule has 0 aliphatic heterocycles. The van der Waals surface area contributed by atoms with Gasteiger partial charge in [0.1, 0.15) is 5.15 Å². The molecule has 0 saturated carbocycles. The molecule has 0 aliphatic carbocycles. The van der Waals surface area contributed by atoms with Gasteiger partial charge in [0, 0.05) is 12.2 Å². The lowest BCUT2D eigenvalue weighted by molar-refractivity contribution is 0.265. The number of aliphatic hydroxyl groups is 1. The molecule has 0 fully saturated rings. The van der Waals surface area contributed by atoms with Gasteiger partial charge in [0.25, 0.3) is 0 Å². The molecular weight excluding hydrogens is 246 g/mol. The summed E-state index contributed by atoms with van der Waals surface area (Å²) in [6, 6.07) is 3.39. The molecule has 3 nitrogen and oxygen atoms in total. The zero-order valence-corrected chi connectivity index (χ0v) is 9.78. The Kier molecular flexibility index (Phi) is 9.67. The van der Waals surface area contributed by atoms with Gasteiger partial charge < -0.3 is 10.8 Å². The second-order valence-corrected chi connectivity index (χ2v) is 2.96. The Morgan fingerprint density at radius 2 is 2.14 bits per heavy atom. The molecule has 1 atom stereocenters. The molecule has 0 radical (unpaired) electrons. The van der Waals surface area contributed by atoms with Gasteiger partial charge in [-0.3, -0.25) is 0 Å². The third kappa shape index (κ3) is 4.98. The van der Waals surface area contributed by atoms with Crippen LogP contribution in [0.5, 0.6) is 0 Å². The SMILES string of the molecule is Cl.Cl.NC(CO)Cc1cccnc1Cl. The summed E-state index contributed by atoms with van der Waals surface area (Å²) in [5, 5.41) is 9.16. The monoisotopic (exact) mass is 258 g/mol. The number of hydrogen-bond acceptors (Lipinski definition) is 3. The Hall–Kier alpha value is -0.0600. The van der Waals surface area contributed by atoms with Crippen LogP contribution in [-0.2, 0) is 6.42 Å².